The van der Waals surface area contributed by atoms with Gasteiger partial charge < -0.3 is 14.5 Å². The van der Waals surface area contributed by atoms with Crippen LogP contribution >= 0.6 is 0 Å². The number of fused-ring (bicyclic) bond motifs is 1. The Morgan fingerprint density at radius 2 is 2.04 bits per heavy atom. The molecule has 2 aromatic rings. The molecule has 0 radical (unpaired) electrons. The number of benzene rings is 1. The number of nitrogens with zero attached hydrogens (tertiary/aromatic N) is 2. The number of carbonyl (C=O) groups is 2. The van der Waals surface area contributed by atoms with Crippen molar-refractivity contribution in [3.8, 4) is 0 Å². The highest BCUT2D eigenvalue weighted by molar-refractivity contribution is 5.94. The Balaban J connectivity index is 1.87. The minimum Gasteiger partial charge on any atom is -0.480 e. The Bertz CT molecular complexity index is 766. The first-order chi connectivity index (χ1) is 11.5. The number of aromatic nitrogens is 1. The average Bonchev–Trinajstić information content (AvgIpc) is 3.00. The van der Waals surface area contributed by atoms with E-state index in [1.54, 1.807) is 6.07 Å². The van der Waals surface area contributed by atoms with E-state index in [1.165, 1.54) is 4.90 Å². The molecular formula is C18H20N2O4. The topological polar surface area (TPSA) is 83.6 Å². The second kappa shape index (κ2) is 6.47. The fraction of sp³-hybridized carbons (Fsp3) is 0.389. The predicted octanol–water partition coefficient (Wildman–Crippen LogP) is 2.52. The molecule has 6 heteroatoms. The van der Waals surface area contributed by atoms with Gasteiger partial charge in [0.05, 0.1) is 5.69 Å². The average molecular weight is 328 g/mol. The first-order valence-electron chi connectivity index (χ1n) is 8.02. The van der Waals surface area contributed by atoms with Crippen LogP contribution in [0.3, 0.4) is 0 Å². The molecule has 0 spiro atoms. The summed E-state index contributed by atoms with van der Waals surface area (Å²) in [5.74, 6) is -0.956. The van der Waals surface area contributed by atoms with E-state index in [-0.39, 0.29) is 12.3 Å². The molecule has 1 amide bonds. The van der Waals surface area contributed by atoms with Gasteiger partial charge in [0, 0.05) is 19.0 Å². The molecule has 3 rings (SSSR count). The molecular weight excluding hydrogens is 308 g/mol. The van der Waals surface area contributed by atoms with Crippen molar-refractivity contribution in [3.63, 3.8) is 0 Å². The molecule has 6 nitrogen and oxygen atoms in total. The fourth-order valence-corrected chi connectivity index (χ4v) is 3.03. The highest BCUT2D eigenvalue weighted by Gasteiger charge is 2.36. The number of aliphatic carboxylic acids is 1. The summed E-state index contributed by atoms with van der Waals surface area (Å²) in [5, 5.41) is 13.4. The third kappa shape index (κ3) is 3.18. The van der Waals surface area contributed by atoms with Gasteiger partial charge >= 0.3 is 5.97 Å². The van der Waals surface area contributed by atoms with Crippen LogP contribution in [0.2, 0.25) is 0 Å². The van der Waals surface area contributed by atoms with Crippen molar-refractivity contribution in [1.82, 2.24) is 10.1 Å². The van der Waals surface area contributed by atoms with E-state index in [9.17, 15) is 14.7 Å². The van der Waals surface area contributed by atoms with Crippen LogP contribution in [0.5, 0.6) is 0 Å². The van der Waals surface area contributed by atoms with E-state index in [1.807, 2.05) is 24.3 Å². The van der Waals surface area contributed by atoms with Crippen molar-refractivity contribution in [2.24, 2.45) is 5.92 Å². The summed E-state index contributed by atoms with van der Waals surface area (Å²) in [4.78, 5) is 25.7. The van der Waals surface area contributed by atoms with Gasteiger partial charge in [0.2, 0.25) is 5.76 Å². The molecule has 1 aliphatic rings. The molecule has 1 atom stereocenters. The maximum Gasteiger partial charge on any atom is 0.326 e. The minimum absolute atomic E-state index is 0.0938. The number of hydrogen-bond donors (Lipinski definition) is 1. The minimum atomic E-state index is -1.01. The Morgan fingerprint density at radius 3 is 2.71 bits per heavy atom. The van der Waals surface area contributed by atoms with E-state index >= 15 is 0 Å². The molecule has 1 aromatic heterocycles. The normalized spacial score (nSPS) is 17.0. The van der Waals surface area contributed by atoms with Crippen molar-refractivity contribution in [3.05, 3.63) is 52.9 Å². The zero-order valence-electron chi connectivity index (χ0n) is 13.7. The summed E-state index contributed by atoms with van der Waals surface area (Å²) in [6, 6.07) is 8.30. The fourth-order valence-electron chi connectivity index (χ4n) is 3.03. The first-order valence-corrected chi connectivity index (χ1v) is 8.02. The Hall–Kier alpha value is -2.63. The smallest absolute Gasteiger partial charge is 0.326 e. The van der Waals surface area contributed by atoms with Crippen LogP contribution in [0, 0.1) is 5.92 Å². The highest BCUT2D eigenvalue weighted by Crippen LogP contribution is 2.25. The molecule has 1 aliphatic heterocycles. The standard InChI is InChI=1S/C18H20N2O4/c1-11(2)7-14-9-16(24-19-14)17(21)20-10-13-6-4-3-5-12(13)8-15(20)18(22)23/h3-6,9,11,15H,7-8,10H2,1-2H3,(H,22,23)/t15-/m0/s1. The molecule has 0 fully saturated rings. The van der Waals surface area contributed by atoms with Gasteiger partial charge in [-0.25, -0.2) is 4.79 Å². The lowest BCUT2D eigenvalue weighted by molar-refractivity contribution is -0.142. The largest absolute Gasteiger partial charge is 0.480 e. The van der Waals surface area contributed by atoms with Crippen LogP contribution in [0.1, 0.15) is 41.2 Å². The van der Waals surface area contributed by atoms with Crippen molar-refractivity contribution >= 4 is 11.9 Å². The van der Waals surface area contributed by atoms with Gasteiger partial charge in [0.25, 0.3) is 5.91 Å². The van der Waals surface area contributed by atoms with Gasteiger partial charge in [-0.15, -0.1) is 0 Å². The van der Waals surface area contributed by atoms with Gasteiger partial charge in [0.1, 0.15) is 6.04 Å². The zero-order valence-corrected chi connectivity index (χ0v) is 13.7. The van der Waals surface area contributed by atoms with Crippen LogP contribution in [-0.4, -0.2) is 33.1 Å². The molecule has 1 aromatic carbocycles. The number of amides is 1. The van der Waals surface area contributed by atoms with Crippen LogP contribution in [0.4, 0.5) is 0 Å². The van der Waals surface area contributed by atoms with Gasteiger partial charge in [-0.2, -0.15) is 0 Å². The maximum absolute atomic E-state index is 12.8. The quantitative estimate of drug-likeness (QED) is 0.932. The summed E-state index contributed by atoms with van der Waals surface area (Å²) < 4.78 is 5.16. The molecule has 0 saturated carbocycles. The van der Waals surface area contributed by atoms with Crippen molar-refractivity contribution in [1.29, 1.82) is 0 Å². The third-order valence-corrected chi connectivity index (χ3v) is 4.18. The van der Waals surface area contributed by atoms with E-state index in [0.29, 0.717) is 24.5 Å². The van der Waals surface area contributed by atoms with Gasteiger partial charge in [-0.3, -0.25) is 4.79 Å². The van der Waals surface area contributed by atoms with Crippen LogP contribution in [0.15, 0.2) is 34.9 Å². The molecule has 0 unspecified atom stereocenters. The Labute approximate surface area is 140 Å². The van der Waals surface area contributed by atoms with Gasteiger partial charge in [0.15, 0.2) is 0 Å². The van der Waals surface area contributed by atoms with E-state index in [2.05, 4.69) is 19.0 Å². The Morgan fingerprint density at radius 1 is 1.33 bits per heavy atom. The van der Waals surface area contributed by atoms with E-state index in [0.717, 1.165) is 11.1 Å². The lowest BCUT2D eigenvalue weighted by atomic mass is 9.93. The maximum atomic E-state index is 12.8. The van der Waals surface area contributed by atoms with Crippen LogP contribution < -0.4 is 0 Å². The predicted molar refractivity (Wildman–Crippen MR) is 86.5 cm³/mol. The number of hydrogen-bond acceptors (Lipinski definition) is 4. The summed E-state index contributed by atoms with van der Waals surface area (Å²) in [5.41, 5.74) is 2.63. The third-order valence-electron chi connectivity index (χ3n) is 4.18. The molecule has 1 N–H and O–H groups in total. The van der Waals surface area contributed by atoms with E-state index in [4.69, 9.17) is 4.52 Å². The lowest BCUT2D eigenvalue weighted by Gasteiger charge is -2.33. The second-order valence-electron chi connectivity index (χ2n) is 6.54. The van der Waals surface area contributed by atoms with Crippen molar-refractivity contribution < 1.29 is 19.2 Å². The van der Waals surface area contributed by atoms with Crippen LogP contribution in [-0.2, 0) is 24.2 Å². The monoisotopic (exact) mass is 328 g/mol. The number of carboxylic acids is 1. The molecule has 126 valence electrons. The SMILES string of the molecule is CC(C)Cc1cc(C(=O)N2Cc3ccccc3C[C@H]2C(=O)O)on1. The van der Waals surface area contributed by atoms with Crippen molar-refractivity contribution in [2.45, 2.75) is 39.3 Å². The molecule has 24 heavy (non-hydrogen) atoms. The van der Waals surface area contributed by atoms with E-state index < -0.39 is 17.9 Å². The zero-order chi connectivity index (χ0) is 17.3. The summed E-state index contributed by atoms with van der Waals surface area (Å²) >= 11 is 0. The first kappa shape index (κ1) is 16.2. The highest BCUT2D eigenvalue weighted by atomic mass is 16.5. The molecule has 0 saturated heterocycles. The van der Waals surface area contributed by atoms with Gasteiger partial charge in [-0.1, -0.05) is 43.3 Å². The summed E-state index contributed by atoms with van der Waals surface area (Å²) in [6.45, 7) is 4.36. The summed E-state index contributed by atoms with van der Waals surface area (Å²) in [6.07, 6.45) is 1.01. The Kier molecular flexibility index (Phi) is 4.38. The number of carbonyl (C=O) groups excluding carboxylic acids is 1. The molecule has 0 bridgehead atoms. The molecule has 2 heterocycles. The van der Waals surface area contributed by atoms with Crippen LogP contribution in [0.25, 0.3) is 0 Å². The number of carboxylic acid groups (broad SMARTS) is 1. The summed E-state index contributed by atoms with van der Waals surface area (Å²) in [7, 11) is 0. The second-order valence-corrected chi connectivity index (χ2v) is 6.54. The molecule has 0 aliphatic carbocycles. The number of rotatable bonds is 4. The van der Waals surface area contributed by atoms with Gasteiger partial charge in [-0.05, 0) is 23.5 Å². The van der Waals surface area contributed by atoms with Crippen molar-refractivity contribution in [2.75, 3.05) is 0 Å². The lowest BCUT2D eigenvalue weighted by Crippen LogP contribution is -2.48.